The first-order valence-electron chi connectivity index (χ1n) is 4.54. The number of carbonyl (C=O) groups is 2. The van der Waals surface area contributed by atoms with Crippen LogP contribution in [0.3, 0.4) is 0 Å². The lowest BCUT2D eigenvalue weighted by Gasteiger charge is -2.09. The van der Waals surface area contributed by atoms with Crippen molar-refractivity contribution >= 4 is 17.7 Å². The molecule has 6 N–H and O–H groups in total. The molecule has 0 saturated carbocycles. The topological polar surface area (TPSA) is 139 Å². The van der Waals surface area contributed by atoms with Gasteiger partial charge in [-0.05, 0) is 12.1 Å². The van der Waals surface area contributed by atoms with Gasteiger partial charge in [0.2, 0.25) is 0 Å². The number of nitrogens with two attached hydrogens (primary N) is 2. The van der Waals surface area contributed by atoms with Gasteiger partial charge in [0.25, 0.3) is 5.91 Å². The highest BCUT2D eigenvalue weighted by molar-refractivity contribution is 5.99. The number of carboxylic acids is 1. The van der Waals surface area contributed by atoms with Crippen LogP contribution in [0.5, 0.6) is 5.75 Å². The molecule has 1 aromatic rings. The molecule has 0 unspecified atom stereocenters. The minimum Gasteiger partial charge on any atom is -0.481 e. The summed E-state index contributed by atoms with van der Waals surface area (Å²) in [4.78, 5) is 21.4. The Labute approximate surface area is 96.5 Å². The van der Waals surface area contributed by atoms with Crippen LogP contribution in [-0.4, -0.2) is 29.4 Å². The predicted octanol–water partition coefficient (Wildman–Crippen LogP) is -0.467. The van der Waals surface area contributed by atoms with E-state index in [1.807, 2.05) is 0 Å². The number of hydrogen-bond donors (Lipinski definition) is 4. The van der Waals surface area contributed by atoms with E-state index < -0.39 is 18.5 Å². The van der Waals surface area contributed by atoms with E-state index in [2.05, 4.69) is 0 Å². The van der Waals surface area contributed by atoms with Crippen molar-refractivity contribution in [2.45, 2.75) is 0 Å². The molecule has 7 heteroatoms. The first kappa shape index (κ1) is 12.5. The molecule has 0 aliphatic rings. The van der Waals surface area contributed by atoms with E-state index >= 15 is 0 Å². The second kappa shape index (κ2) is 4.97. The van der Waals surface area contributed by atoms with Crippen LogP contribution in [0.15, 0.2) is 18.2 Å². The van der Waals surface area contributed by atoms with Crippen LogP contribution in [0.1, 0.15) is 15.9 Å². The van der Waals surface area contributed by atoms with Gasteiger partial charge in [-0.25, -0.2) is 4.79 Å². The molecule has 0 saturated heterocycles. The summed E-state index contributed by atoms with van der Waals surface area (Å²) < 4.78 is 4.90. The van der Waals surface area contributed by atoms with Crippen LogP contribution in [-0.2, 0) is 4.79 Å². The zero-order valence-electron chi connectivity index (χ0n) is 8.77. The highest BCUT2D eigenvalue weighted by Gasteiger charge is 2.12. The molecule has 0 fully saturated rings. The van der Waals surface area contributed by atoms with Gasteiger partial charge in [-0.1, -0.05) is 6.07 Å². The lowest BCUT2D eigenvalue weighted by atomic mass is 10.1. The quantitative estimate of drug-likeness (QED) is 0.405. The number of hydrogen-bond acceptors (Lipinski definition) is 4. The maximum absolute atomic E-state index is 11.1. The fourth-order valence-corrected chi connectivity index (χ4v) is 1.15. The standard InChI is InChI=1S/C10H11N3O4/c11-9(12)5-1-2-6(10(13)16)7(3-5)17-4-8(14)15/h1-3H,4H2,(H3,11,12)(H2,13,16)(H,14,15). The molecule has 0 aliphatic carbocycles. The van der Waals surface area contributed by atoms with Crippen molar-refractivity contribution < 1.29 is 19.4 Å². The van der Waals surface area contributed by atoms with E-state index in [9.17, 15) is 9.59 Å². The summed E-state index contributed by atoms with van der Waals surface area (Å²) in [6, 6.07) is 4.05. The van der Waals surface area contributed by atoms with Crippen LogP contribution in [0.4, 0.5) is 0 Å². The SMILES string of the molecule is N=C(N)c1ccc(C(N)=O)c(OCC(=O)O)c1. The van der Waals surface area contributed by atoms with Gasteiger partial charge in [-0.2, -0.15) is 0 Å². The van der Waals surface area contributed by atoms with E-state index in [-0.39, 0.29) is 17.1 Å². The van der Waals surface area contributed by atoms with Crippen molar-refractivity contribution in [3.05, 3.63) is 29.3 Å². The Bertz CT molecular complexity index is 484. The monoisotopic (exact) mass is 237 g/mol. The maximum atomic E-state index is 11.1. The lowest BCUT2D eigenvalue weighted by molar-refractivity contribution is -0.139. The molecular weight excluding hydrogens is 226 g/mol. The number of amides is 1. The normalized spacial score (nSPS) is 9.65. The van der Waals surface area contributed by atoms with Crippen LogP contribution >= 0.6 is 0 Å². The third kappa shape index (κ3) is 3.20. The largest absolute Gasteiger partial charge is 0.481 e. The highest BCUT2D eigenvalue weighted by atomic mass is 16.5. The van der Waals surface area contributed by atoms with E-state index in [4.69, 9.17) is 26.7 Å². The van der Waals surface area contributed by atoms with Crippen LogP contribution in [0.2, 0.25) is 0 Å². The molecular formula is C10H11N3O4. The first-order chi connectivity index (χ1) is 7.91. The fourth-order valence-electron chi connectivity index (χ4n) is 1.15. The minimum absolute atomic E-state index is 0.00685. The van der Waals surface area contributed by atoms with Crippen LogP contribution < -0.4 is 16.2 Å². The molecule has 0 bridgehead atoms. The summed E-state index contributed by atoms with van der Waals surface area (Å²) in [7, 11) is 0. The second-order valence-electron chi connectivity index (χ2n) is 3.17. The van der Waals surface area contributed by atoms with Gasteiger partial charge in [0.05, 0.1) is 5.56 Å². The van der Waals surface area contributed by atoms with E-state index in [1.54, 1.807) is 0 Å². The first-order valence-corrected chi connectivity index (χ1v) is 4.54. The Hall–Kier alpha value is -2.57. The number of ether oxygens (including phenoxy) is 1. The van der Waals surface area contributed by atoms with Crippen LogP contribution in [0, 0.1) is 5.41 Å². The lowest BCUT2D eigenvalue weighted by Crippen LogP contribution is -2.18. The Kier molecular flexibility index (Phi) is 3.66. The number of aliphatic carboxylic acids is 1. The van der Waals surface area contributed by atoms with Crippen molar-refractivity contribution in [1.29, 1.82) is 5.41 Å². The molecule has 0 aromatic heterocycles. The van der Waals surface area contributed by atoms with Gasteiger partial charge in [0.1, 0.15) is 11.6 Å². The van der Waals surface area contributed by atoms with Crippen molar-refractivity contribution in [1.82, 2.24) is 0 Å². The number of amidine groups is 1. The van der Waals surface area contributed by atoms with Crippen molar-refractivity contribution in [3.63, 3.8) is 0 Å². The number of nitrogens with one attached hydrogen (secondary N) is 1. The summed E-state index contributed by atoms with van der Waals surface area (Å²) in [5.41, 5.74) is 10.7. The number of primary amides is 1. The summed E-state index contributed by atoms with van der Waals surface area (Å²) in [5, 5.41) is 15.7. The molecule has 0 aliphatic heterocycles. The molecule has 1 amide bonds. The summed E-state index contributed by atoms with van der Waals surface area (Å²) in [5.74, 6) is -2.16. The number of rotatable bonds is 5. The number of carboxylic acid groups (broad SMARTS) is 1. The fraction of sp³-hybridized carbons (Fsp3) is 0.100. The predicted molar refractivity (Wildman–Crippen MR) is 59.1 cm³/mol. The third-order valence-electron chi connectivity index (χ3n) is 1.91. The van der Waals surface area contributed by atoms with E-state index in [0.717, 1.165) is 0 Å². The van der Waals surface area contributed by atoms with Gasteiger partial charge in [-0.15, -0.1) is 0 Å². The Morgan fingerprint density at radius 1 is 1.35 bits per heavy atom. The van der Waals surface area contributed by atoms with Crippen molar-refractivity contribution in [3.8, 4) is 5.75 Å². The van der Waals surface area contributed by atoms with Gasteiger partial charge in [-0.3, -0.25) is 10.2 Å². The summed E-state index contributed by atoms with van der Waals surface area (Å²) in [6.45, 7) is -0.609. The Balaban J connectivity index is 3.11. The van der Waals surface area contributed by atoms with Crippen molar-refractivity contribution in [2.24, 2.45) is 11.5 Å². The summed E-state index contributed by atoms with van der Waals surface area (Å²) in [6.07, 6.45) is 0. The zero-order valence-corrected chi connectivity index (χ0v) is 8.77. The van der Waals surface area contributed by atoms with Gasteiger partial charge in [0, 0.05) is 5.56 Å². The second-order valence-corrected chi connectivity index (χ2v) is 3.17. The van der Waals surface area contributed by atoms with E-state index in [1.165, 1.54) is 18.2 Å². The molecule has 7 nitrogen and oxygen atoms in total. The smallest absolute Gasteiger partial charge is 0.341 e. The average Bonchev–Trinajstić information content (AvgIpc) is 2.25. The molecule has 0 heterocycles. The molecule has 90 valence electrons. The molecule has 0 atom stereocenters. The number of carbonyl (C=O) groups excluding carboxylic acids is 1. The number of nitrogen functional groups attached to an aromatic ring is 1. The zero-order chi connectivity index (χ0) is 13.0. The molecule has 1 aromatic carbocycles. The minimum atomic E-state index is -1.19. The van der Waals surface area contributed by atoms with Gasteiger partial charge < -0.3 is 21.3 Å². The Morgan fingerprint density at radius 2 is 2.00 bits per heavy atom. The maximum Gasteiger partial charge on any atom is 0.341 e. The van der Waals surface area contributed by atoms with Crippen LogP contribution in [0.25, 0.3) is 0 Å². The molecule has 17 heavy (non-hydrogen) atoms. The number of benzene rings is 1. The summed E-state index contributed by atoms with van der Waals surface area (Å²) >= 11 is 0. The average molecular weight is 237 g/mol. The molecule has 0 radical (unpaired) electrons. The highest BCUT2D eigenvalue weighted by Crippen LogP contribution is 2.20. The van der Waals surface area contributed by atoms with Gasteiger partial charge >= 0.3 is 5.97 Å². The Morgan fingerprint density at radius 3 is 2.47 bits per heavy atom. The molecule has 1 rings (SSSR count). The van der Waals surface area contributed by atoms with E-state index in [0.29, 0.717) is 5.56 Å². The van der Waals surface area contributed by atoms with Crippen molar-refractivity contribution in [2.75, 3.05) is 6.61 Å². The molecule has 0 spiro atoms. The van der Waals surface area contributed by atoms with Gasteiger partial charge in [0.15, 0.2) is 6.61 Å². The third-order valence-corrected chi connectivity index (χ3v) is 1.91.